The molecule has 0 aliphatic rings. The van der Waals surface area contributed by atoms with Crippen LogP contribution in [0.25, 0.3) is 10.9 Å². The lowest BCUT2D eigenvalue weighted by Gasteiger charge is -2.12. The molecule has 0 unspecified atom stereocenters. The number of hydrogen-bond donors (Lipinski definition) is 3. The fourth-order valence-corrected chi connectivity index (χ4v) is 2.75. The number of fused-ring (bicyclic) bond motifs is 1. The average Bonchev–Trinajstić information content (AvgIpc) is 2.64. The number of aryl methyl sites for hydroxylation is 1. The first-order valence-corrected chi connectivity index (χ1v) is 8.77. The Morgan fingerprint density at radius 3 is 2.78 bits per heavy atom. The molecular formula is C18H16BrN5O3. The van der Waals surface area contributed by atoms with Gasteiger partial charge >= 0.3 is 0 Å². The van der Waals surface area contributed by atoms with Gasteiger partial charge in [0.1, 0.15) is 18.1 Å². The molecule has 0 bridgehead atoms. The number of nitrogens with one attached hydrogen (secondary N) is 2. The van der Waals surface area contributed by atoms with Crippen LogP contribution in [0.15, 0.2) is 56.8 Å². The van der Waals surface area contributed by atoms with E-state index in [1.807, 2.05) is 6.07 Å². The Balaban J connectivity index is 1.66. The molecule has 0 aliphatic carbocycles. The van der Waals surface area contributed by atoms with Gasteiger partial charge in [0.05, 0.1) is 17.1 Å². The monoisotopic (exact) mass is 429 g/mol. The summed E-state index contributed by atoms with van der Waals surface area (Å²) in [4.78, 5) is 28.9. The van der Waals surface area contributed by atoms with Crippen molar-refractivity contribution < 1.29 is 9.90 Å². The van der Waals surface area contributed by atoms with E-state index in [1.54, 1.807) is 31.2 Å². The molecule has 0 saturated carbocycles. The van der Waals surface area contributed by atoms with Crippen LogP contribution in [0.5, 0.6) is 5.75 Å². The van der Waals surface area contributed by atoms with Crippen LogP contribution in [0.1, 0.15) is 11.4 Å². The molecule has 2 aromatic carbocycles. The highest BCUT2D eigenvalue weighted by Crippen LogP contribution is 2.15. The number of halogens is 1. The van der Waals surface area contributed by atoms with Crippen LogP contribution in [0.3, 0.4) is 0 Å². The fraction of sp³-hybridized carbons (Fsp3) is 0.111. The van der Waals surface area contributed by atoms with Crippen molar-refractivity contribution in [3.63, 3.8) is 0 Å². The zero-order valence-electron chi connectivity index (χ0n) is 14.3. The van der Waals surface area contributed by atoms with Crippen molar-refractivity contribution in [3.8, 4) is 5.75 Å². The largest absolute Gasteiger partial charge is 0.508 e. The molecule has 0 radical (unpaired) electrons. The number of nitrogens with zero attached hydrogens (tertiary/aromatic N) is 3. The van der Waals surface area contributed by atoms with Crippen molar-refractivity contribution in [3.05, 3.63) is 68.7 Å². The van der Waals surface area contributed by atoms with E-state index in [0.29, 0.717) is 16.7 Å². The van der Waals surface area contributed by atoms with Gasteiger partial charge in [-0.05, 0) is 55.0 Å². The van der Waals surface area contributed by atoms with Crippen LogP contribution >= 0.6 is 15.9 Å². The van der Waals surface area contributed by atoms with Gasteiger partial charge in [-0.2, -0.15) is 5.10 Å². The summed E-state index contributed by atoms with van der Waals surface area (Å²) in [5, 5.41) is 13.5. The van der Waals surface area contributed by atoms with E-state index < -0.39 is 5.91 Å². The predicted octanol–water partition coefficient (Wildman–Crippen LogP) is 1.87. The topological polar surface area (TPSA) is 109 Å². The summed E-state index contributed by atoms with van der Waals surface area (Å²) < 4.78 is 2.00. The molecule has 0 fully saturated rings. The molecule has 1 aromatic heterocycles. The molecule has 3 N–H and O–H groups in total. The normalized spacial score (nSPS) is 11.0. The standard InChI is InChI=1S/C18H16BrN5O3/c1-11-22-16-7-4-13(19)8-15(16)18(27)24(11)21-10-17(26)23-20-9-12-2-5-14(25)6-3-12/h2-9,21,25H,10H2,1H3,(H,23,26)/b20-9+. The lowest BCUT2D eigenvalue weighted by Crippen LogP contribution is -2.37. The van der Waals surface area contributed by atoms with Crippen molar-refractivity contribution in [2.75, 3.05) is 12.0 Å². The van der Waals surface area contributed by atoms with E-state index in [0.717, 1.165) is 10.0 Å². The average molecular weight is 430 g/mol. The van der Waals surface area contributed by atoms with Crippen LogP contribution in [-0.4, -0.2) is 33.4 Å². The first kappa shape index (κ1) is 18.6. The molecule has 8 nitrogen and oxygen atoms in total. The Morgan fingerprint density at radius 1 is 1.30 bits per heavy atom. The number of carbonyl (C=O) groups is 1. The number of hydrogen-bond acceptors (Lipinski definition) is 6. The Bertz CT molecular complexity index is 1080. The molecule has 3 rings (SSSR count). The second-order valence-electron chi connectivity index (χ2n) is 5.68. The summed E-state index contributed by atoms with van der Waals surface area (Å²) in [6.07, 6.45) is 1.45. The van der Waals surface area contributed by atoms with Gasteiger partial charge in [0.2, 0.25) is 0 Å². The fourth-order valence-electron chi connectivity index (χ4n) is 2.38. The van der Waals surface area contributed by atoms with Crippen molar-refractivity contribution in [1.82, 2.24) is 15.1 Å². The number of benzene rings is 2. The van der Waals surface area contributed by atoms with E-state index >= 15 is 0 Å². The molecule has 1 amide bonds. The molecular weight excluding hydrogens is 414 g/mol. The molecule has 3 aromatic rings. The quantitative estimate of drug-likeness (QED) is 0.423. The third-order valence-electron chi connectivity index (χ3n) is 3.69. The maximum absolute atomic E-state index is 12.6. The number of phenols is 1. The predicted molar refractivity (Wildman–Crippen MR) is 107 cm³/mol. The molecule has 0 atom stereocenters. The summed E-state index contributed by atoms with van der Waals surface area (Å²) in [7, 11) is 0. The van der Waals surface area contributed by atoms with Crippen molar-refractivity contribution in [2.45, 2.75) is 6.92 Å². The second kappa shape index (κ2) is 8.00. The van der Waals surface area contributed by atoms with Crippen LogP contribution in [-0.2, 0) is 4.79 Å². The third kappa shape index (κ3) is 4.50. The number of aromatic nitrogens is 2. The van der Waals surface area contributed by atoms with Crippen LogP contribution < -0.4 is 16.4 Å². The minimum Gasteiger partial charge on any atom is -0.508 e. The zero-order valence-corrected chi connectivity index (χ0v) is 15.9. The maximum Gasteiger partial charge on any atom is 0.279 e. The number of aromatic hydroxyl groups is 1. The van der Waals surface area contributed by atoms with Crippen molar-refractivity contribution >= 4 is 39.0 Å². The SMILES string of the molecule is Cc1nc2ccc(Br)cc2c(=O)n1NCC(=O)N/N=C/c1ccc(O)cc1. The third-order valence-corrected chi connectivity index (χ3v) is 4.18. The highest BCUT2D eigenvalue weighted by atomic mass is 79.9. The van der Waals surface area contributed by atoms with E-state index in [4.69, 9.17) is 0 Å². The Labute approximate surface area is 162 Å². The minimum absolute atomic E-state index is 0.150. The summed E-state index contributed by atoms with van der Waals surface area (Å²) in [5.41, 5.74) is 6.13. The van der Waals surface area contributed by atoms with Gasteiger partial charge in [0.25, 0.3) is 11.5 Å². The van der Waals surface area contributed by atoms with Gasteiger partial charge in [-0.1, -0.05) is 15.9 Å². The number of phenolic OH excluding ortho intramolecular Hbond substituents is 1. The van der Waals surface area contributed by atoms with E-state index in [9.17, 15) is 14.7 Å². The smallest absolute Gasteiger partial charge is 0.279 e. The van der Waals surface area contributed by atoms with Crippen molar-refractivity contribution in [2.24, 2.45) is 5.10 Å². The highest BCUT2D eigenvalue weighted by Gasteiger charge is 2.09. The van der Waals surface area contributed by atoms with Gasteiger partial charge in [0.15, 0.2) is 0 Å². The Morgan fingerprint density at radius 2 is 2.04 bits per heavy atom. The van der Waals surface area contributed by atoms with E-state index in [2.05, 4.69) is 36.9 Å². The van der Waals surface area contributed by atoms with Gasteiger partial charge in [-0.3, -0.25) is 9.59 Å². The van der Waals surface area contributed by atoms with E-state index in [-0.39, 0.29) is 17.9 Å². The molecule has 138 valence electrons. The van der Waals surface area contributed by atoms with Crippen LogP contribution in [0, 0.1) is 6.92 Å². The van der Waals surface area contributed by atoms with Gasteiger partial charge in [0, 0.05) is 4.47 Å². The minimum atomic E-state index is -0.425. The molecule has 0 aliphatic heterocycles. The Hall–Kier alpha value is -3.20. The number of carbonyl (C=O) groups excluding carboxylic acids is 1. The summed E-state index contributed by atoms with van der Waals surface area (Å²) in [5.74, 6) is 0.165. The summed E-state index contributed by atoms with van der Waals surface area (Å²) in [6.45, 7) is 1.52. The highest BCUT2D eigenvalue weighted by molar-refractivity contribution is 9.10. The van der Waals surface area contributed by atoms with Gasteiger partial charge < -0.3 is 10.5 Å². The van der Waals surface area contributed by atoms with Crippen molar-refractivity contribution in [1.29, 1.82) is 0 Å². The second-order valence-corrected chi connectivity index (χ2v) is 6.60. The van der Waals surface area contributed by atoms with Gasteiger partial charge in [-0.15, -0.1) is 0 Å². The number of rotatable bonds is 5. The number of amides is 1. The number of hydrazone groups is 1. The molecule has 0 spiro atoms. The summed E-state index contributed by atoms with van der Waals surface area (Å²) >= 11 is 3.33. The first-order chi connectivity index (χ1) is 12.9. The van der Waals surface area contributed by atoms with E-state index in [1.165, 1.54) is 23.0 Å². The summed E-state index contributed by atoms with van der Waals surface area (Å²) in [6, 6.07) is 11.6. The molecule has 27 heavy (non-hydrogen) atoms. The Kier molecular flexibility index (Phi) is 5.51. The molecule has 1 heterocycles. The lowest BCUT2D eigenvalue weighted by molar-refractivity contribution is -0.119. The zero-order chi connectivity index (χ0) is 19.4. The molecule has 0 saturated heterocycles. The molecule has 9 heteroatoms. The van der Waals surface area contributed by atoms with Crippen LogP contribution in [0.2, 0.25) is 0 Å². The van der Waals surface area contributed by atoms with Gasteiger partial charge in [-0.25, -0.2) is 15.1 Å². The first-order valence-electron chi connectivity index (χ1n) is 7.98. The maximum atomic E-state index is 12.6. The lowest BCUT2D eigenvalue weighted by atomic mass is 10.2. The van der Waals surface area contributed by atoms with Crippen LogP contribution in [0.4, 0.5) is 0 Å².